The molecular weight excluding hydrogens is 2020 g/mol. The third-order valence-electron chi connectivity index (χ3n) is 28.2. The van der Waals surface area contributed by atoms with Crippen molar-refractivity contribution in [3.8, 4) is 44.5 Å². The Morgan fingerprint density at radius 2 is 0.580 bits per heavy atom. The molecule has 29 heteroatoms. The van der Waals surface area contributed by atoms with Gasteiger partial charge in [-0.05, 0) is 339 Å². The maximum Gasteiger partial charge on any atom is 0.319 e. The van der Waals surface area contributed by atoms with Crippen LogP contribution in [0.2, 0.25) is 55.2 Å². The minimum Gasteiger partial charge on any atom is -0.337 e. The summed E-state index contributed by atoms with van der Waals surface area (Å²) in [7, 11) is 2.13. The molecule has 1 aliphatic carbocycles. The lowest BCUT2D eigenvalue weighted by atomic mass is 9.72. The highest BCUT2D eigenvalue weighted by Crippen LogP contribution is 2.44. The van der Waals surface area contributed by atoms with Crippen molar-refractivity contribution in [2.45, 2.75) is 145 Å². The lowest BCUT2D eigenvalue weighted by Gasteiger charge is -2.44. The number of anilines is 5. The van der Waals surface area contributed by atoms with E-state index in [0.29, 0.717) is 101 Å². The van der Waals surface area contributed by atoms with Crippen molar-refractivity contribution < 1.29 is 24.0 Å². The molecule has 0 unspecified atom stereocenters. The maximum absolute atomic E-state index is 12.9. The van der Waals surface area contributed by atoms with Gasteiger partial charge in [0, 0.05) is 151 Å². The molecule has 0 bridgehead atoms. The highest BCUT2D eigenvalue weighted by atomic mass is 35.5. The van der Waals surface area contributed by atoms with E-state index in [4.69, 9.17) is 128 Å². The van der Waals surface area contributed by atoms with E-state index in [1.165, 1.54) is 54.9 Å². The summed E-state index contributed by atoms with van der Waals surface area (Å²) in [5, 5.41) is 32.7. The molecule has 4 saturated heterocycles. The van der Waals surface area contributed by atoms with Crippen molar-refractivity contribution in [3.05, 3.63) is 344 Å². The number of urea groups is 4. The van der Waals surface area contributed by atoms with Crippen molar-refractivity contribution in [1.29, 1.82) is 0 Å². The Morgan fingerprint density at radius 3 is 0.860 bits per heavy atom. The molecule has 750 valence electrons. The fourth-order valence-corrected chi connectivity index (χ4v) is 22.8. The second-order valence-electron chi connectivity index (χ2n) is 38.3. The first kappa shape index (κ1) is 109. The zero-order valence-electron chi connectivity index (χ0n) is 80.9. The zero-order chi connectivity index (χ0) is 101. The number of hydrogen-bond acceptors (Lipinski definition) is 9. The highest BCUT2D eigenvalue weighted by molar-refractivity contribution is 6.37. The van der Waals surface area contributed by atoms with Gasteiger partial charge in [0.15, 0.2) is 0 Å². The number of benzene rings is 12. The van der Waals surface area contributed by atoms with E-state index < -0.39 is 0 Å². The molecule has 0 atom stereocenters. The van der Waals surface area contributed by atoms with Gasteiger partial charge in [0.2, 0.25) is 5.91 Å². The topological polar surface area (TPSA) is 207 Å². The normalized spacial score (nSPS) is 16.1. The Morgan fingerprint density at radius 1 is 0.308 bits per heavy atom. The lowest BCUT2D eigenvalue weighted by Crippen LogP contribution is -2.51. The quantitative estimate of drug-likeness (QED) is 0.0266. The molecule has 4 aliphatic heterocycles. The number of rotatable bonds is 25. The van der Waals surface area contributed by atoms with E-state index in [9.17, 15) is 24.0 Å². The maximum atomic E-state index is 12.9. The number of nitrogens with one attached hydrogen (secondary N) is 9. The van der Waals surface area contributed by atoms with Gasteiger partial charge in [-0.15, -0.1) is 0 Å². The third kappa shape index (κ3) is 31.2. The highest BCUT2D eigenvalue weighted by Gasteiger charge is 2.42. The molecule has 0 radical (unpaired) electrons. The average molecular weight is 2140 g/mol. The van der Waals surface area contributed by atoms with E-state index in [1.54, 1.807) is 72.8 Å². The number of halogens is 11. The second kappa shape index (κ2) is 51.5. The van der Waals surface area contributed by atoms with Gasteiger partial charge in [-0.1, -0.05) is 293 Å². The van der Waals surface area contributed by atoms with Crippen LogP contribution in [0.4, 0.5) is 47.6 Å². The molecule has 18 nitrogen and oxygen atoms in total. The van der Waals surface area contributed by atoms with Crippen LogP contribution in [0, 0.1) is 0 Å². The van der Waals surface area contributed by atoms with Crippen LogP contribution >= 0.6 is 128 Å². The predicted octanol–water partition coefficient (Wildman–Crippen LogP) is 30.6. The Balaban J connectivity index is 0.000000151. The first-order valence-corrected chi connectivity index (χ1v) is 52.9. The molecule has 12 aromatic rings. The van der Waals surface area contributed by atoms with Crippen LogP contribution in [0.15, 0.2) is 267 Å². The SMILES string of the molecule is CC(=O)Nc1cccc(-c2ccc(C3(CNC(=O)Nc4cc(Cl)cc(Cl)c4)CCN(C(C)C)CC3)cc2)c1.CCCN1CCC(CNC(=O)Nc2cc(Cl)cc(Cl)c2)(c2ccc(-c3cccc(Cl)c3)cc2)CC1.CN1CCC(CNC(=O)Nc2cc(Cl)cc(Cl)c2)(c2ccc(-c3cccc(Cl)c3)cc2)CC1.O=C(NCC1(c2ccc(-c3cccc(Cl)c3)cc2)CCN(C2CCCC2)CC1)Nc1cc(Cl)cc(Cl)c1. The molecule has 17 rings (SSSR count). The molecule has 4 heterocycles. The second-order valence-corrected chi connectivity index (χ2v) is 43.1. The predicted molar refractivity (Wildman–Crippen MR) is 599 cm³/mol. The van der Waals surface area contributed by atoms with Crippen molar-refractivity contribution in [2.75, 3.05) is 119 Å². The molecule has 5 fully saturated rings. The van der Waals surface area contributed by atoms with Gasteiger partial charge < -0.3 is 67.5 Å². The fourth-order valence-electron chi connectivity index (χ4n) is 20.1. The minimum atomic E-state index is -0.291. The number of carbonyl (C=O) groups is 5. The Labute approximate surface area is 896 Å². The van der Waals surface area contributed by atoms with E-state index in [0.717, 1.165) is 182 Å². The van der Waals surface area contributed by atoms with Gasteiger partial charge >= 0.3 is 24.1 Å². The molecule has 0 aromatic heterocycles. The number of nitrogens with zero attached hydrogens (tertiary/aromatic N) is 4. The lowest BCUT2D eigenvalue weighted by molar-refractivity contribution is -0.114. The molecular formula is C114H122Cl11N13O5. The molecule has 5 aliphatic rings. The van der Waals surface area contributed by atoms with E-state index in [-0.39, 0.29) is 51.7 Å². The van der Waals surface area contributed by atoms with Crippen LogP contribution in [-0.2, 0) is 26.5 Å². The summed E-state index contributed by atoms with van der Waals surface area (Å²) in [6.45, 7) is 19.4. The summed E-state index contributed by atoms with van der Waals surface area (Å²) >= 11 is 67.2. The van der Waals surface area contributed by atoms with Crippen LogP contribution in [0.25, 0.3) is 44.5 Å². The largest absolute Gasteiger partial charge is 0.337 e. The molecule has 12 aromatic carbocycles. The third-order valence-corrected chi connectivity index (χ3v) is 30.6. The van der Waals surface area contributed by atoms with Gasteiger partial charge in [-0.3, -0.25) is 4.79 Å². The van der Waals surface area contributed by atoms with Crippen molar-refractivity contribution in [1.82, 2.24) is 40.9 Å². The molecule has 0 spiro atoms. The van der Waals surface area contributed by atoms with E-state index in [2.05, 4.69) is 211 Å². The molecule has 9 amide bonds. The summed E-state index contributed by atoms with van der Waals surface area (Å²) in [6.07, 6.45) is 14.2. The van der Waals surface area contributed by atoms with Crippen LogP contribution in [0.1, 0.15) is 133 Å². The standard InChI is InChI=1S/C30H32Cl3N3O.C30H34Cl2N4O2.C28H30Cl3N3O.C26H26Cl3N3O/c31-24-5-3-4-22(16-24)21-8-10-23(11-9-21)30(12-14-36(15-13-30)28-6-1-2-7-28)20-34-29(37)35-27-18-25(32)17-26(33)19-27;1-20(2)36-13-11-30(12-14-36,19-33-29(38)35-28-17-25(31)16-26(32)18-28)24-9-7-22(8-10-24)23-5-4-6-27(15-23)34-21(3)37;1-2-12-34-13-10-28(11-14-34,19-32-27(35)33-26-17-24(30)16-25(31)18-26)22-8-6-20(7-9-22)21-4-3-5-23(29)15-21;1-32-11-9-26(10-12-32,17-30-25(33)31-24-15-22(28)14-23(29)16-24)20-7-5-18(6-8-20)19-3-2-4-21(27)13-19/h3-5,8-11,16-19,28H,1-2,6-7,12-15,20H2,(H2,34,35,37);4-10,15-18,20H,11-14,19H2,1-3H3,(H,34,37)(H2,33,35,38);3-9,15-18H,2,10-14,19H2,1H3,(H2,32,33,35);2-8,13-16H,9-12,17H2,1H3,(H2,30,31,33). The van der Waals surface area contributed by atoms with Crippen molar-refractivity contribution in [3.63, 3.8) is 0 Å². The Bertz CT molecular complexity index is 6240. The van der Waals surface area contributed by atoms with Crippen LogP contribution in [0.3, 0.4) is 0 Å². The van der Waals surface area contributed by atoms with E-state index in [1.807, 2.05) is 78.9 Å². The summed E-state index contributed by atoms with van der Waals surface area (Å²) in [6, 6.07) is 86.2. The smallest absolute Gasteiger partial charge is 0.319 e. The number of piperidine rings is 4. The fraction of sp³-hybridized carbons (Fsp3) is 0.325. The first-order chi connectivity index (χ1) is 68.7. The van der Waals surface area contributed by atoms with Crippen molar-refractivity contribution in [2.24, 2.45) is 0 Å². The van der Waals surface area contributed by atoms with Crippen molar-refractivity contribution >= 4 is 186 Å². The minimum absolute atomic E-state index is 0.0952. The van der Waals surface area contributed by atoms with Crippen LogP contribution < -0.4 is 47.9 Å². The first-order valence-electron chi connectivity index (χ1n) is 48.7. The van der Waals surface area contributed by atoms with Gasteiger partial charge in [0.1, 0.15) is 0 Å². The molecule has 9 N–H and O–H groups in total. The number of hydrogen-bond donors (Lipinski definition) is 9. The summed E-state index contributed by atoms with van der Waals surface area (Å²) in [5.41, 5.74) is 16.1. The monoisotopic (exact) mass is 2140 g/mol. The van der Waals surface area contributed by atoms with Crippen LogP contribution in [-0.4, -0.2) is 154 Å². The van der Waals surface area contributed by atoms with Gasteiger partial charge in [-0.2, -0.15) is 0 Å². The van der Waals surface area contributed by atoms with Gasteiger partial charge in [-0.25, -0.2) is 19.2 Å². The zero-order valence-corrected chi connectivity index (χ0v) is 89.2. The summed E-state index contributed by atoms with van der Waals surface area (Å²) in [5.74, 6) is -0.0952. The Hall–Kier alpha value is -9.78. The number of carbonyl (C=O) groups excluding carboxylic acids is 5. The number of amides is 9. The number of likely N-dealkylation sites (tertiary alicyclic amines) is 4. The van der Waals surface area contributed by atoms with E-state index >= 15 is 0 Å². The van der Waals surface area contributed by atoms with Gasteiger partial charge in [0.25, 0.3) is 0 Å². The molecule has 143 heavy (non-hydrogen) atoms. The van der Waals surface area contributed by atoms with Crippen LogP contribution in [0.5, 0.6) is 0 Å². The average Bonchev–Trinajstić information content (AvgIpc) is 1.19. The summed E-state index contributed by atoms with van der Waals surface area (Å²) in [4.78, 5) is 72.5. The summed E-state index contributed by atoms with van der Waals surface area (Å²) < 4.78 is 0. The van der Waals surface area contributed by atoms with Gasteiger partial charge in [0.05, 0.1) is 0 Å². The molecule has 1 saturated carbocycles. The Kier molecular flexibility index (Phi) is 39.2.